The van der Waals surface area contributed by atoms with E-state index in [-0.39, 0.29) is 5.75 Å². The number of rotatable bonds is 5. The number of nitrogens with one attached hydrogen (secondary N) is 1. The first kappa shape index (κ1) is 13.9. The Bertz CT molecular complexity index is 731. The Hall–Kier alpha value is -2.08. The second-order valence-corrected chi connectivity index (χ2v) is 5.34. The van der Waals surface area contributed by atoms with Gasteiger partial charge < -0.3 is 9.72 Å². The molecule has 2 aromatic carbocycles. The maximum Gasteiger partial charge on any atom is 0.387 e. The van der Waals surface area contributed by atoms with Crippen LogP contribution >= 0.6 is 11.8 Å². The molecule has 0 radical (unpaired) electrons. The lowest BCUT2D eigenvalue weighted by Gasteiger charge is -2.02. The van der Waals surface area contributed by atoms with Gasteiger partial charge in [0, 0.05) is 11.8 Å². The van der Waals surface area contributed by atoms with Gasteiger partial charge in [-0.05, 0) is 17.7 Å². The third-order valence-corrected chi connectivity index (χ3v) is 3.82. The number of hydrogen-bond acceptors (Lipinski definition) is 3. The van der Waals surface area contributed by atoms with E-state index in [1.165, 1.54) is 17.7 Å². The van der Waals surface area contributed by atoms with Crippen molar-refractivity contribution in [1.82, 2.24) is 9.97 Å². The molecule has 3 nitrogen and oxygen atoms in total. The SMILES string of the molecule is FC(F)Oc1ccc2nc(SCc3ccccc3)[nH]c2c1. The summed E-state index contributed by atoms with van der Waals surface area (Å²) in [6.07, 6.45) is 0. The molecule has 0 amide bonds. The summed E-state index contributed by atoms with van der Waals surface area (Å²) in [5.41, 5.74) is 2.61. The fourth-order valence-electron chi connectivity index (χ4n) is 1.94. The first-order valence-electron chi connectivity index (χ1n) is 6.32. The van der Waals surface area contributed by atoms with Gasteiger partial charge in [-0.1, -0.05) is 42.1 Å². The molecule has 0 unspecified atom stereocenters. The lowest BCUT2D eigenvalue weighted by atomic mass is 10.2. The van der Waals surface area contributed by atoms with Gasteiger partial charge in [0.2, 0.25) is 0 Å². The number of fused-ring (bicyclic) bond motifs is 1. The van der Waals surface area contributed by atoms with Crippen LogP contribution < -0.4 is 4.74 Å². The molecule has 3 rings (SSSR count). The van der Waals surface area contributed by atoms with E-state index in [9.17, 15) is 8.78 Å². The molecule has 0 atom stereocenters. The molecule has 0 fully saturated rings. The van der Waals surface area contributed by atoms with Crippen molar-refractivity contribution in [2.45, 2.75) is 17.5 Å². The molecule has 0 spiro atoms. The van der Waals surface area contributed by atoms with E-state index in [1.807, 2.05) is 30.3 Å². The highest BCUT2D eigenvalue weighted by atomic mass is 32.2. The van der Waals surface area contributed by atoms with Crippen LogP contribution in [0.3, 0.4) is 0 Å². The summed E-state index contributed by atoms with van der Waals surface area (Å²) in [4.78, 5) is 7.52. The second kappa shape index (κ2) is 6.13. The van der Waals surface area contributed by atoms with Gasteiger partial charge in [0.1, 0.15) is 5.75 Å². The van der Waals surface area contributed by atoms with Crippen molar-refractivity contribution in [3.63, 3.8) is 0 Å². The molecule has 3 aromatic rings. The van der Waals surface area contributed by atoms with Crippen LogP contribution in [0, 0.1) is 0 Å². The second-order valence-electron chi connectivity index (χ2n) is 4.37. The Morgan fingerprint density at radius 1 is 1.14 bits per heavy atom. The number of nitrogens with zero attached hydrogens (tertiary/aromatic N) is 1. The highest BCUT2D eigenvalue weighted by molar-refractivity contribution is 7.98. The number of aromatic amines is 1. The molecule has 1 aromatic heterocycles. The van der Waals surface area contributed by atoms with Crippen LogP contribution in [-0.4, -0.2) is 16.6 Å². The van der Waals surface area contributed by atoms with Gasteiger partial charge >= 0.3 is 6.61 Å². The van der Waals surface area contributed by atoms with Crippen molar-refractivity contribution in [1.29, 1.82) is 0 Å². The van der Waals surface area contributed by atoms with Crippen LogP contribution in [0.5, 0.6) is 5.75 Å². The molecule has 6 heteroatoms. The molecule has 0 bridgehead atoms. The summed E-state index contributed by atoms with van der Waals surface area (Å²) in [5.74, 6) is 0.918. The smallest absolute Gasteiger partial charge is 0.387 e. The predicted molar refractivity (Wildman–Crippen MR) is 78.7 cm³/mol. The molecule has 0 aliphatic heterocycles. The number of ether oxygens (including phenoxy) is 1. The first-order chi connectivity index (χ1) is 10.2. The molecule has 21 heavy (non-hydrogen) atoms. The van der Waals surface area contributed by atoms with Gasteiger partial charge in [-0.15, -0.1) is 0 Å². The average Bonchev–Trinajstić information content (AvgIpc) is 2.88. The molecule has 0 saturated heterocycles. The summed E-state index contributed by atoms with van der Waals surface area (Å²) in [5, 5.41) is 0.753. The van der Waals surface area contributed by atoms with Crippen molar-refractivity contribution in [3.8, 4) is 5.75 Å². The number of benzene rings is 2. The highest BCUT2D eigenvalue weighted by Crippen LogP contribution is 2.26. The number of H-pyrrole nitrogens is 1. The van der Waals surface area contributed by atoms with Gasteiger partial charge in [-0.2, -0.15) is 8.78 Å². The fraction of sp³-hybridized carbons (Fsp3) is 0.133. The van der Waals surface area contributed by atoms with Gasteiger partial charge in [0.15, 0.2) is 5.16 Å². The number of aromatic nitrogens is 2. The first-order valence-corrected chi connectivity index (χ1v) is 7.30. The van der Waals surface area contributed by atoms with Crippen LogP contribution in [0.15, 0.2) is 53.7 Å². The Morgan fingerprint density at radius 3 is 2.71 bits per heavy atom. The monoisotopic (exact) mass is 306 g/mol. The number of hydrogen-bond donors (Lipinski definition) is 1. The number of alkyl halides is 2. The Kier molecular flexibility index (Phi) is 4.06. The normalized spacial score (nSPS) is 11.2. The summed E-state index contributed by atoms with van der Waals surface area (Å²) in [7, 11) is 0. The van der Waals surface area contributed by atoms with Crippen molar-refractivity contribution in [2.75, 3.05) is 0 Å². The maximum atomic E-state index is 12.2. The summed E-state index contributed by atoms with van der Waals surface area (Å²) < 4.78 is 28.7. The third kappa shape index (κ3) is 3.52. The summed E-state index contributed by atoms with van der Waals surface area (Å²) in [6, 6.07) is 14.7. The lowest BCUT2D eigenvalue weighted by molar-refractivity contribution is -0.0497. The molecule has 0 aliphatic carbocycles. The van der Waals surface area contributed by atoms with Gasteiger partial charge in [0.05, 0.1) is 11.0 Å². The zero-order chi connectivity index (χ0) is 14.7. The molecular weight excluding hydrogens is 294 g/mol. The predicted octanol–water partition coefficient (Wildman–Crippen LogP) is 4.46. The minimum absolute atomic E-state index is 0.126. The molecule has 0 aliphatic rings. The van der Waals surface area contributed by atoms with Crippen molar-refractivity contribution >= 4 is 22.8 Å². The quantitative estimate of drug-likeness (QED) is 0.707. The van der Waals surface area contributed by atoms with E-state index < -0.39 is 6.61 Å². The van der Waals surface area contributed by atoms with Crippen molar-refractivity contribution in [3.05, 3.63) is 54.1 Å². The summed E-state index contributed by atoms with van der Waals surface area (Å²) in [6.45, 7) is -2.82. The Morgan fingerprint density at radius 2 is 1.95 bits per heavy atom. The van der Waals surface area contributed by atoms with Crippen molar-refractivity contribution < 1.29 is 13.5 Å². The van der Waals surface area contributed by atoms with Gasteiger partial charge in [-0.3, -0.25) is 0 Å². The van der Waals surface area contributed by atoms with Crippen LogP contribution in [-0.2, 0) is 5.75 Å². The molecule has 1 N–H and O–H groups in total. The number of imidazole rings is 1. The zero-order valence-corrected chi connectivity index (χ0v) is 11.7. The zero-order valence-electron chi connectivity index (χ0n) is 10.9. The molecule has 108 valence electrons. The largest absolute Gasteiger partial charge is 0.435 e. The van der Waals surface area contributed by atoms with Crippen molar-refractivity contribution in [2.24, 2.45) is 0 Å². The van der Waals surface area contributed by atoms with Gasteiger partial charge in [0.25, 0.3) is 0 Å². The van der Waals surface area contributed by atoms with Crippen LogP contribution in [0.1, 0.15) is 5.56 Å². The van der Waals surface area contributed by atoms with E-state index in [1.54, 1.807) is 17.8 Å². The summed E-state index contributed by atoms with van der Waals surface area (Å²) >= 11 is 1.56. The van der Waals surface area contributed by atoms with E-state index in [4.69, 9.17) is 0 Å². The standard InChI is InChI=1S/C15H12F2N2OS/c16-14(17)20-11-6-7-12-13(8-11)19-15(18-12)21-9-10-4-2-1-3-5-10/h1-8,14H,9H2,(H,18,19). The van der Waals surface area contributed by atoms with Crippen LogP contribution in [0.4, 0.5) is 8.78 Å². The number of thioether (sulfide) groups is 1. The van der Waals surface area contributed by atoms with E-state index in [0.29, 0.717) is 5.52 Å². The topological polar surface area (TPSA) is 37.9 Å². The van der Waals surface area contributed by atoms with Crippen LogP contribution in [0.25, 0.3) is 11.0 Å². The lowest BCUT2D eigenvalue weighted by Crippen LogP contribution is -2.01. The molecule has 1 heterocycles. The minimum Gasteiger partial charge on any atom is -0.435 e. The molecular formula is C15H12F2N2OS. The van der Waals surface area contributed by atoms with E-state index >= 15 is 0 Å². The average molecular weight is 306 g/mol. The molecule has 0 saturated carbocycles. The fourth-order valence-corrected chi connectivity index (χ4v) is 2.78. The minimum atomic E-state index is -2.82. The third-order valence-electron chi connectivity index (χ3n) is 2.88. The maximum absolute atomic E-state index is 12.2. The van der Waals surface area contributed by atoms with Crippen LogP contribution in [0.2, 0.25) is 0 Å². The number of halogens is 2. The Balaban J connectivity index is 1.74. The van der Waals surface area contributed by atoms with Gasteiger partial charge in [-0.25, -0.2) is 4.98 Å². The van der Waals surface area contributed by atoms with E-state index in [0.717, 1.165) is 16.4 Å². The Labute approximate surface area is 124 Å². The highest BCUT2D eigenvalue weighted by Gasteiger charge is 2.08. The van der Waals surface area contributed by atoms with E-state index in [2.05, 4.69) is 14.7 Å².